The van der Waals surface area contributed by atoms with E-state index in [1.54, 1.807) is 0 Å². The van der Waals surface area contributed by atoms with Crippen LogP contribution in [0.15, 0.2) is 6.20 Å². The molecule has 4 aliphatic carbocycles. The van der Waals surface area contributed by atoms with Crippen molar-refractivity contribution in [2.45, 2.75) is 67.9 Å². The molecule has 0 spiro atoms. The number of halogens is 3. The lowest BCUT2D eigenvalue weighted by molar-refractivity contribution is -0.141. The molecular weight excluding hydrogens is 477 g/mol. The second kappa shape index (κ2) is 7.50. The third-order valence-electron chi connectivity index (χ3n) is 7.71. The molecule has 34 heavy (non-hydrogen) atoms. The molecule has 3 N–H and O–H groups in total. The molecule has 0 aromatic carbocycles. The van der Waals surface area contributed by atoms with Crippen molar-refractivity contribution in [1.82, 2.24) is 14.9 Å². The van der Waals surface area contributed by atoms with Gasteiger partial charge in [-0.3, -0.25) is 4.79 Å². The largest absolute Gasteiger partial charge is 0.434 e. The highest BCUT2D eigenvalue weighted by molar-refractivity contribution is 7.91. The number of aromatic nitrogens is 2. The average Bonchev–Trinajstić information content (AvgIpc) is 2.84. The van der Waals surface area contributed by atoms with Crippen LogP contribution in [0.3, 0.4) is 0 Å². The molecule has 1 aliphatic heterocycles. The second-order valence-electron chi connectivity index (χ2n) is 10.6. The first-order valence-electron chi connectivity index (χ1n) is 11.4. The fourth-order valence-corrected chi connectivity index (χ4v) is 7.79. The van der Waals surface area contributed by atoms with Gasteiger partial charge in [0.05, 0.1) is 28.3 Å². The van der Waals surface area contributed by atoms with Crippen LogP contribution < -0.4 is 5.32 Å². The third-order valence-corrected chi connectivity index (χ3v) is 9.32. The van der Waals surface area contributed by atoms with Crippen LogP contribution in [0, 0.1) is 5.92 Å². The molecule has 5 fully saturated rings. The molecule has 1 amide bonds. The number of fused-ring (bicyclic) bond motifs is 1. The number of carbonyl (C=O) groups is 1. The van der Waals surface area contributed by atoms with Crippen LogP contribution >= 0.6 is 0 Å². The minimum absolute atomic E-state index is 0.0332. The van der Waals surface area contributed by atoms with Crippen molar-refractivity contribution in [3.05, 3.63) is 17.5 Å². The van der Waals surface area contributed by atoms with Crippen LogP contribution in [0.5, 0.6) is 0 Å². The number of amides is 1. The van der Waals surface area contributed by atoms with Gasteiger partial charge in [-0.15, -0.1) is 0 Å². The summed E-state index contributed by atoms with van der Waals surface area (Å²) < 4.78 is 64.9. The zero-order valence-electron chi connectivity index (χ0n) is 18.4. The lowest BCUT2D eigenvalue weighted by atomic mass is 9.61. The Morgan fingerprint density at radius 3 is 2.41 bits per heavy atom. The molecule has 1 saturated heterocycles. The van der Waals surface area contributed by atoms with Crippen molar-refractivity contribution in [3.8, 4) is 0 Å². The van der Waals surface area contributed by atoms with Gasteiger partial charge in [0, 0.05) is 31.2 Å². The summed E-state index contributed by atoms with van der Waals surface area (Å²) in [6.07, 6.45) is -1.05. The normalized spacial score (nSPS) is 36.9. The number of anilines is 1. The minimum Gasteiger partial charge on any atom is -0.390 e. The topological polar surface area (TPSA) is 133 Å². The molecule has 2 heterocycles. The predicted octanol–water partition coefficient (Wildman–Crippen LogP) is 1.37. The Morgan fingerprint density at radius 2 is 1.76 bits per heavy atom. The highest BCUT2D eigenvalue weighted by atomic mass is 32.2. The van der Waals surface area contributed by atoms with E-state index in [0.717, 1.165) is 11.1 Å². The molecule has 5 aliphatic rings. The standard InChI is InChI=1S/C21H27F3N4O5S/c22-21(23,24)15-14(16(29)28-3-5-34(32,33)6-4-28)10-25-17(26-15)27-18-1-2-19(30)8-13(7-18)9-20(31,11-18)12-19/h10,13,30-31H,1-9,11-12H2,(H,25,26,27). The Balaban J connectivity index is 1.43. The fraction of sp³-hybridized carbons (Fsp3) is 0.762. The molecule has 13 heteroatoms. The number of sulfone groups is 1. The summed E-state index contributed by atoms with van der Waals surface area (Å²) in [5.74, 6) is -1.83. The lowest BCUT2D eigenvalue weighted by Gasteiger charge is -2.51. The number of hydrogen-bond donors (Lipinski definition) is 3. The molecule has 4 unspecified atom stereocenters. The minimum atomic E-state index is -4.93. The van der Waals surface area contributed by atoms with Gasteiger partial charge in [-0.25, -0.2) is 18.4 Å². The summed E-state index contributed by atoms with van der Waals surface area (Å²) in [6, 6.07) is 0. The molecular formula is C21H27F3N4O5S. The van der Waals surface area contributed by atoms with Crippen LogP contribution in [-0.4, -0.2) is 80.7 Å². The summed E-state index contributed by atoms with van der Waals surface area (Å²) in [4.78, 5) is 21.6. The number of nitrogens with zero attached hydrogens (tertiary/aromatic N) is 3. The predicted molar refractivity (Wildman–Crippen MR) is 114 cm³/mol. The van der Waals surface area contributed by atoms with E-state index in [2.05, 4.69) is 15.3 Å². The number of alkyl halides is 3. The van der Waals surface area contributed by atoms with Gasteiger partial charge in [0.15, 0.2) is 15.5 Å². The Kier molecular flexibility index (Phi) is 5.24. The SMILES string of the molecule is O=C(c1cnc(NC23CCC4(O)CC(CC(O)(C4)C2)C3)nc1C(F)(F)F)N1CCS(=O)(=O)CC1. The van der Waals surface area contributed by atoms with Gasteiger partial charge in [0.1, 0.15) is 0 Å². The first kappa shape index (κ1) is 23.7. The highest BCUT2D eigenvalue weighted by Crippen LogP contribution is 2.57. The van der Waals surface area contributed by atoms with E-state index in [1.807, 2.05) is 0 Å². The number of hydrogen-bond acceptors (Lipinski definition) is 8. The second-order valence-corrected chi connectivity index (χ2v) is 12.9. The van der Waals surface area contributed by atoms with Crippen molar-refractivity contribution < 1.29 is 36.6 Å². The van der Waals surface area contributed by atoms with Crippen LogP contribution in [0.1, 0.15) is 61.0 Å². The Hall–Kier alpha value is -1.99. The van der Waals surface area contributed by atoms with E-state index < -0.39 is 49.9 Å². The van der Waals surface area contributed by atoms with E-state index in [-0.39, 0.29) is 49.3 Å². The van der Waals surface area contributed by atoms with Crippen LogP contribution in [-0.2, 0) is 16.0 Å². The highest BCUT2D eigenvalue weighted by Gasteiger charge is 2.59. The number of aliphatic hydroxyl groups is 2. The Bertz CT molecular complexity index is 1120. The maximum atomic E-state index is 13.9. The van der Waals surface area contributed by atoms with Crippen molar-refractivity contribution in [2.75, 3.05) is 29.9 Å². The molecule has 4 atom stereocenters. The summed E-state index contributed by atoms with van der Waals surface area (Å²) in [5.41, 5.74) is -4.95. The van der Waals surface area contributed by atoms with E-state index in [0.29, 0.717) is 32.1 Å². The van der Waals surface area contributed by atoms with E-state index >= 15 is 0 Å². The Labute approximate surface area is 194 Å². The molecule has 1 aromatic rings. The summed E-state index contributed by atoms with van der Waals surface area (Å²) in [6.45, 7) is -0.380. The fourth-order valence-electron chi connectivity index (χ4n) is 6.59. The van der Waals surface area contributed by atoms with Gasteiger partial charge in [-0.2, -0.15) is 13.2 Å². The number of carbonyl (C=O) groups excluding carboxylic acids is 1. The number of nitrogens with one attached hydrogen (secondary N) is 1. The Morgan fingerprint density at radius 1 is 1.09 bits per heavy atom. The summed E-state index contributed by atoms with van der Waals surface area (Å²) >= 11 is 0. The van der Waals surface area contributed by atoms with Gasteiger partial charge < -0.3 is 20.4 Å². The first-order chi connectivity index (χ1) is 15.7. The maximum absolute atomic E-state index is 13.9. The number of rotatable bonds is 3. The monoisotopic (exact) mass is 504 g/mol. The first-order valence-corrected chi connectivity index (χ1v) is 13.2. The van der Waals surface area contributed by atoms with Gasteiger partial charge in [-0.05, 0) is 44.4 Å². The molecule has 0 radical (unpaired) electrons. The molecule has 4 saturated carbocycles. The average molecular weight is 505 g/mol. The lowest BCUT2D eigenvalue weighted by Crippen LogP contribution is -2.56. The quantitative estimate of drug-likeness (QED) is 0.562. The van der Waals surface area contributed by atoms with E-state index in [1.165, 1.54) is 0 Å². The zero-order chi connectivity index (χ0) is 24.6. The van der Waals surface area contributed by atoms with Crippen LogP contribution in [0.25, 0.3) is 0 Å². The van der Waals surface area contributed by atoms with Gasteiger partial charge in [0.2, 0.25) is 5.95 Å². The molecule has 4 bridgehead atoms. The van der Waals surface area contributed by atoms with Crippen molar-refractivity contribution in [3.63, 3.8) is 0 Å². The van der Waals surface area contributed by atoms with Crippen molar-refractivity contribution in [2.24, 2.45) is 5.92 Å². The van der Waals surface area contributed by atoms with Gasteiger partial charge >= 0.3 is 6.18 Å². The van der Waals surface area contributed by atoms with Crippen molar-refractivity contribution in [1.29, 1.82) is 0 Å². The third kappa shape index (κ3) is 4.37. The van der Waals surface area contributed by atoms with Crippen molar-refractivity contribution >= 4 is 21.7 Å². The van der Waals surface area contributed by atoms with Gasteiger partial charge in [0.25, 0.3) is 5.91 Å². The summed E-state index contributed by atoms with van der Waals surface area (Å²) in [7, 11) is -3.31. The smallest absolute Gasteiger partial charge is 0.390 e. The summed E-state index contributed by atoms with van der Waals surface area (Å²) in [5, 5.41) is 25.0. The van der Waals surface area contributed by atoms with Crippen LogP contribution in [0.2, 0.25) is 0 Å². The molecule has 1 aromatic heterocycles. The van der Waals surface area contributed by atoms with Gasteiger partial charge in [-0.1, -0.05) is 0 Å². The van der Waals surface area contributed by atoms with Crippen LogP contribution in [0.4, 0.5) is 19.1 Å². The van der Waals surface area contributed by atoms with E-state index in [4.69, 9.17) is 0 Å². The maximum Gasteiger partial charge on any atom is 0.434 e. The molecule has 188 valence electrons. The molecule has 9 nitrogen and oxygen atoms in total. The van der Waals surface area contributed by atoms with E-state index in [9.17, 15) is 36.6 Å². The molecule has 6 rings (SSSR count). The zero-order valence-corrected chi connectivity index (χ0v) is 19.3.